The minimum atomic E-state index is -0.255. The largest absolute Gasteiger partial charge is 0.361 e. The molecule has 0 spiro atoms. The molecule has 4 nitrogen and oxygen atoms in total. The molecule has 2 N–H and O–H groups in total. The molecule has 0 bridgehead atoms. The first kappa shape index (κ1) is 11.2. The average Bonchev–Trinajstić information content (AvgIpc) is 2.74. The summed E-state index contributed by atoms with van der Waals surface area (Å²) in [7, 11) is 0. The number of carbonyl (C=O) groups excluding carboxylic acids is 1. The second kappa shape index (κ2) is 4.42. The number of nitrogens with zero attached hydrogens (tertiary/aromatic N) is 1. The number of carbonyl (C=O) groups is 1. The van der Waals surface area contributed by atoms with Gasteiger partial charge >= 0.3 is 0 Å². The summed E-state index contributed by atoms with van der Waals surface area (Å²) in [5.41, 5.74) is 1.80. The van der Waals surface area contributed by atoms with E-state index in [1.807, 2.05) is 11.1 Å². The Morgan fingerprint density at radius 3 is 3.11 bits per heavy atom. The standard InChI is InChI=1S/C13H14FN3O/c14-10-1-2-11-9(6-16-12(11)5-10)8-17-4-3-15-7-13(17)18/h1-2,5-6,15-16H,3-4,7-8H2. The molecular formula is C13H14FN3O. The van der Waals surface area contributed by atoms with Crippen LogP contribution in [0.3, 0.4) is 0 Å². The van der Waals surface area contributed by atoms with Crippen LogP contribution in [0.5, 0.6) is 0 Å². The highest BCUT2D eigenvalue weighted by molar-refractivity contribution is 5.84. The van der Waals surface area contributed by atoms with Crippen LogP contribution in [0, 0.1) is 5.82 Å². The van der Waals surface area contributed by atoms with Crippen molar-refractivity contribution >= 4 is 16.8 Å². The number of benzene rings is 1. The lowest BCUT2D eigenvalue weighted by Crippen LogP contribution is -2.47. The Kier molecular flexibility index (Phi) is 2.76. The van der Waals surface area contributed by atoms with Gasteiger partial charge in [-0.3, -0.25) is 4.79 Å². The fraction of sp³-hybridized carbons (Fsp3) is 0.308. The molecule has 0 aliphatic carbocycles. The van der Waals surface area contributed by atoms with Crippen molar-refractivity contribution in [2.45, 2.75) is 6.54 Å². The monoisotopic (exact) mass is 247 g/mol. The zero-order valence-electron chi connectivity index (χ0n) is 9.87. The van der Waals surface area contributed by atoms with Gasteiger partial charge in [-0.1, -0.05) is 0 Å². The van der Waals surface area contributed by atoms with E-state index in [0.29, 0.717) is 19.6 Å². The number of aromatic amines is 1. The summed E-state index contributed by atoms with van der Waals surface area (Å²) >= 11 is 0. The van der Waals surface area contributed by atoms with Gasteiger partial charge in [-0.05, 0) is 23.8 Å². The lowest BCUT2D eigenvalue weighted by atomic mass is 10.1. The van der Waals surface area contributed by atoms with Crippen LogP contribution in [-0.2, 0) is 11.3 Å². The molecule has 0 radical (unpaired) electrons. The normalized spacial score (nSPS) is 16.5. The predicted molar refractivity (Wildman–Crippen MR) is 66.5 cm³/mol. The molecule has 1 amide bonds. The predicted octanol–water partition coefficient (Wildman–Crippen LogP) is 1.24. The van der Waals surface area contributed by atoms with Crippen molar-refractivity contribution < 1.29 is 9.18 Å². The molecule has 1 fully saturated rings. The van der Waals surface area contributed by atoms with Crippen molar-refractivity contribution in [1.29, 1.82) is 0 Å². The van der Waals surface area contributed by atoms with Gasteiger partial charge in [0, 0.05) is 36.7 Å². The summed E-state index contributed by atoms with van der Waals surface area (Å²) in [5, 5.41) is 4.01. The molecule has 94 valence electrons. The SMILES string of the molecule is O=C1CNCCN1Cc1c[nH]c2cc(F)ccc12. The molecule has 1 aromatic heterocycles. The molecule has 2 aromatic rings. The van der Waals surface area contributed by atoms with E-state index in [-0.39, 0.29) is 11.7 Å². The Morgan fingerprint density at radius 1 is 1.39 bits per heavy atom. The first-order chi connectivity index (χ1) is 8.74. The van der Waals surface area contributed by atoms with E-state index < -0.39 is 0 Å². The third-order valence-corrected chi connectivity index (χ3v) is 3.28. The van der Waals surface area contributed by atoms with Crippen LogP contribution < -0.4 is 5.32 Å². The fourth-order valence-corrected chi connectivity index (χ4v) is 2.31. The van der Waals surface area contributed by atoms with Gasteiger partial charge in [-0.15, -0.1) is 0 Å². The van der Waals surface area contributed by atoms with Gasteiger partial charge in [0.15, 0.2) is 0 Å². The van der Waals surface area contributed by atoms with E-state index in [0.717, 1.165) is 23.0 Å². The molecule has 1 saturated heterocycles. The summed E-state index contributed by atoms with van der Waals surface area (Å²) in [6.45, 7) is 2.51. The van der Waals surface area contributed by atoms with E-state index in [1.54, 1.807) is 6.07 Å². The fourth-order valence-electron chi connectivity index (χ4n) is 2.31. The van der Waals surface area contributed by atoms with Crippen molar-refractivity contribution in [3.05, 3.63) is 35.8 Å². The Hall–Kier alpha value is -1.88. The summed E-state index contributed by atoms with van der Waals surface area (Å²) < 4.78 is 13.1. The molecule has 1 aromatic carbocycles. The molecule has 18 heavy (non-hydrogen) atoms. The van der Waals surface area contributed by atoms with Crippen molar-refractivity contribution in [2.75, 3.05) is 19.6 Å². The van der Waals surface area contributed by atoms with Crippen LogP contribution in [0.15, 0.2) is 24.4 Å². The number of rotatable bonds is 2. The summed E-state index contributed by atoms with van der Waals surface area (Å²) in [4.78, 5) is 16.6. The van der Waals surface area contributed by atoms with Crippen LogP contribution in [0.4, 0.5) is 4.39 Å². The summed E-state index contributed by atoms with van der Waals surface area (Å²) in [5.74, 6) is -0.146. The molecule has 0 atom stereocenters. The van der Waals surface area contributed by atoms with E-state index in [4.69, 9.17) is 0 Å². The smallest absolute Gasteiger partial charge is 0.236 e. The highest BCUT2D eigenvalue weighted by Crippen LogP contribution is 2.20. The number of hydrogen-bond donors (Lipinski definition) is 2. The highest BCUT2D eigenvalue weighted by atomic mass is 19.1. The molecule has 2 heterocycles. The van der Waals surface area contributed by atoms with Crippen LogP contribution in [0.25, 0.3) is 10.9 Å². The van der Waals surface area contributed by atoms with Crippen LogP contribution in [0.1, 0.15) is 5.56 Å². The van der Waals surface area contributed by atoms with Gasteiger partial charge in [0.25, 0.3) is 0 Å². The number of H-pyrrole nitrogens is 1. The van der Waals surface area contributed by atoms with Crippen LogP contribution in [0.2, 0.25) is 0 Å². The maximum Gasteiger partial charge on any atom is 0.236 e. The molecular weight excluding hydrogens is 233 g/mol. The number of hydrogen-bond acceptors (Lipinski definition) is 2. The zero-order valence-corrected chi connectivity index (χ0v) is 9.87. The Bertz CT molecular complexity index is 593. The average molecular weight is 247 g/mol. The quantitative estimate of drug-likeness (QED) is 0.838. The Balaban J connectivity index is 1.88. The van der Waals surface area contributed by atoms with Crippen molar-refractivity contribution in [1.82, 2.24) is 15.2 Å². The van der Waals surface area contributed by atoms with E-state index in [1.165, 1.54) is 12.1 Å². The maximum atomic E-state index is 13.1. The first-order valence-corrected chi connectivity index (χ1v) is 5.98. The number of piperazine rings is 1. The van der Waals surface area contributed by atoms with Crippen molar-refractivity contribution in [3.8, 4) is 0 Å². The molecule has 3 rings (SSSR count). The van der Waals surface area contributed by atoms with Crippen LogP contribution >= 0.6 is 0 Å². The van der Waals surface area contributed by atoms with Crippen molar-refractivity contribution in [2.24, 2.45) is 0 Å². The van der Waals surface area contributed by atoms with Crippen molar-refractivity contribution in [3.63, 3.8) is 0 Å². The minimum Gasteiger partial charge on any atom is -0.361 e. The number of nitrogens with one attached hydrogen (secondary N) is 2. The Morgan fingerprint density at radius 2 is 2.28 bits per heavy atom. The second-order valence-corrected chi connectivity index (χ2v) is 4.50. The van der Waals surface area contributed by atoms with Gasteiger partial charge in [-0.2, -0.15) is 0 Å². The summed E-state index contributed by atoms with van der Waals surface area (Å²) in [6.07, 6.45) is 1.85. The minimum absolute atomic E-state index is 0.109. The van der Waals surface area contributed by atoms with E-state index in [2.05, 4.69) is 10.3 Å². The van der Waals surface area contributed by atoms with Gasteiger partial charge in [0.2, 0.25) is 5.91 Å². The van der Waals surface area contributed by atoms with Gasteiger partial charge < -0.3 is 15.2 Å². The Labute approximate surface area is 104 Å². The molecule has 1 aliphatic rings. The molecule has 5 heteroatoms. The number of fused-ring (bicyclic) bond motifs is 1. The number of aromatic nitrogens is 1. The van der Waals surface area contributed by atoms with Gasteiger partial charge in [0.05, 0.1) is 6.54 Å². The van der Waals surface area contributed by atoms with Gasteiger partial charge in [0.1, 0.15) is 5.82 Å². The highest BCUT2D eigenvalue weighted by Gasteiger charge is 2.18. The molecule has 0 saturated carbocycles. The van der Waals surface area contributed by atoms with E-state index >= 15 is 0 Å². The second-order valence-electron chi connectivity index (χ2n) is 4.50. The zero-order chi connectivity index (χ0) is 12.5. The molecule has 0 unspecified atom stereocenters. The van der Waals surface area contributed by atoms with Crippen LogP contribution in [-0.4, -0.2) is 35.4 Å². The third-order valence-electron chi connectivity index (χ3n) is 3.28. The lowest BCUT2D eigenvalue weighted by Gasteiger charge is -2.27. The topological polar surface area (TPSA) is 48.1 Å². The van der Waals surface area contributed by atoms with Gasteiger partial charge in [-0.25, -0.2) is 4.39 Å². The number of amides is 1. The first-order valence-electron chi connectivity index (χ1n) is 5.98. The molecule has 1 aliphatic heterocycles. The van der Waals surface area contributed by atoms with E-state index in [9.17, 15) is 9.18 Å². The number of halogens is 1. The third kappa shape index (κ3) is 1.97. The summed E-state index contributed by atoms with van der Waals surface area (Å²) in [6, 6.07) is 4.67. The lowest BCUT2D eigenvalue weighted by molar-refractivity contribution is -0.132. The maximum absolute atomic E-state index is 13.1.